The molecule has 6 nitrogen and oxygen atoms in total. The van der Waals surface area contributed by atoms with Crippen molar-refractivity contribution in [1.29, 1.82) is 0 Å². The third-order valence-corrected chi connectivity index (χ3v) is 3.80. The normalized spacial score (nSPS) is 16.5. The van der Waals surface area contributed by atoms with Gasteiger partial charge in [0.25, 0.3) is 0 Å². The molecule has 0 unspecified atom stereocenters. The quantitative estimate of drug-likeness (QED) is 0.633. The zero-order valence-corrected chi connectivity index (χ0v) is 11.5. The topological polar surface area (TPSA) is 107 Å². The molecule has 1 heterocycles. The van der Waals surface area contributed by atoms with Crippen molar-refractivity contribution in [3.8, 4) is 23.0 Å². The molecule has 0 aliphatic carbocycles. The van der Waals surface area contributed by atoms with Crippen molar-refractivity contribution in [1.82, 2.24) is 0 Å². The molecular formula is C16H14O6. The Kier molecular flexibility index (Phi) is 3.09. The Balaban J connectivity index is 2.23. The highest BCUT2D eigenvalue weighted by molar-refractivity contribution is 5.75. The molecule has 1 aliphatic heterocycles. The van der Waals surface area contributed by atoms with Crippen LogP contribution in [0.2, 0.25) is 0 Å². The van der Waals surface area contributed by atoms with Crippen molar-refractivity contribution in [2.24, 2.45) is 0 Å². The summed E-state index contributed by atoms with van der Waals surface area (Å²) in [6.07, 6.45) is 0.350. The van der Waals surface area contributed by atoms with Crippen LogP contribution in [0.4, 0.5) is 0 Å². The molecule has 0 spiro atoms. The minimum atomic E-state index is -1.35. The van der Waals surface area contributed by atoms with E-state index < -0.39 is 11.6 Å². The molecule has 6 heteroatoms. The average molecular weight is 302 g/mol. The fourth-order valence-corrected chi connectivity index (χ4v) is 2.82. The minimum Gasteiger partial charge on any atom is -0.508 e. The molecule has 22 heavy (non-hydrogen) atoms. The number of hydrogen-bond acceptors (Lipinski definition) is 6. The average Bonchev–Trinajstić information content (AvgIpc) is 2.81. The molecule has 0 saturated carbocycles. The standard InChI is InChI=1S/C16H14O6/c17-9-1-3-11(13(19)7-9)16(6-5-15(21)22-16)12-4-2-10(18)8-14(12)20/h1-4,7-8,17-20H,5-6H2. The van der Waals surface area contributed by atoms with Crippen LogP contribution in [0, 0.1) is 0 Å². The smallest absolute Gasteiger partial charge is 0.307 e. The number of aromatic hydroxyl groups is 4. The van der Waals surface area contributed by atoms with Crippen molar-refractivity contribution >= 4 is 5.97 Å². The van der Waals surface area contributed by atoms with Crippen molar-refractivity contribution in [3.05, 3.63) is 47.5 Å². The fourth-order valence-electron chi connectivity index (χ4n) is 2.82. The Morgan fingerprint density at radius 1 is 0.864 bits per heavy atom. The van der Waals surface area contributed by atoms with Gasteiger partial charge in [-0.15, -0.1) is 0 Å². The molecule has 0 radical (unpaired) electrons. The van der Waals surface area contributed by atoms with Crippen molar-refractivity contribution in [2.45, 2.75) is 18.4 Å². The lowest BCUT2D eigenvalue weighted by Crippen LogP contribution is -2.27. The van der Waals surface area contributed by atoms with Crippen LogP contribution in [-0.4, -0.2) is 26.4 Å². The van der Waals surface area contributed by atoms with Crippen LogP contribution in [0.3, 0.4) is 0 Å². The van der Waals surface area contributed by atoms with E-state index in [4.69, 9.17) is 4.74 Å². The molecule has 1 saturated heterocycles. The number of carbonyl (C=O) groups is 1. The van der Waals surface area contributed by atoms with E-state index >= 15 is 0 Å². The second kappa shape index (κ2) is 4.84. The number of cyclic esters (lactones) is 1. The van der Waals surface area contributed by atoms with Crippen molar-refractivity contribution < 1.29 is 30.0 Å². The first-order valence-corrected chi connectivity index (χ1v) is 6.69. The minimum absolute atomic E-state index is 0.126. The molecule has 2 aromatic carbocycles. The van der Waals surface area contributed by atoms with Gasteiger partial charge in [0.15, 0.2) is 5.60 Å². The van der Waals surface area contributed by atoms with Crippen LogP contribution in [-0.2, 0) is 15.1 Å². The molecule has 0 bridgehead atoms. The van der Waals surface area contributed by atoms with E-state index in [9.17, 15) is 25.2 Å². The Hall–Kier alpha value is -2.89. The van der Waals surface area contributed by atoms with E-state index in [-0.39, 0.29) is 47.0 Å². The van der Waals surface area contributed by atoms with Crippen molar-refractivity contribution in [3.63, 3.8) is 0 Å². The van der Waals surface area contributed by atoms with Crippen LogP contribution < -0.4 is 0 Å². The summed E-state index contributed by atoms with van der Waals surface area (Å²) in [6, 6.07) is 7.88. The van der Waals surface area contributed by atoms with Gasteiger partial charge in [-0.3, -0.25) is 4.79 Å². The number of benzene rings is 2. The van der Waals surface area contributed by atoms with E-state index in [0.29, 0.717) is 0 Å². The van der Waals surface area contributed by atoms with E-state index in [1.165, 1.54) is 24.3 Å². The molecule has 0 aromatic heterocycles. The predicted molar refractivity (Wildman–Crippen MR) is 75.6 cm³/mol. The summed E-state index contributed by atoms with van der Waals surface area (Å²) in [5, 5.41) is 39.1. The van der Waals surface area contributed by atoms with Gasteiger partial charge in [0.05, 0.1) is 6.42 Å². The van der Waals surface area contributed by atoms with Gasteiger partial charge in [-0.1, -0.05) is 0 Å². The third kappa shape index (κ3) is 2.09. The maximum Gasteiger partial charge on any atom is 0.307 e. The monoisotopic (exact) mass is 302 g/mol. The summed E-state index contributed by atoms with van der Waals surface area (Å²) < 4.78 is 5.44. The molecule has 1 aliphatic rings. The third-order valence-electron chi connectivity index (χ3n) is 3.80. The van der Waals surface area contributed by atoms with Gasteiger partial charge in [0.2, 0.25) is 0 Å². The van der Waals surface area contributed by atoms with E-state index in [2.05, 4.69) is 0 Å². The van der Waals surface area contributed by atoms with Crippen LogP contribution in [0.15, 0.2) is 36.4 Å². The summed E-state index contributed by atoms with van der Waals surface area (Å²) in [7, 11) is 0. The van der Waals surface area contributed by atoms with Crippen LogP contribution in [0.1, 0.15) is 24.0 Å². The highest BCUT2D eigenvalue weighted by Gasteiger charge is 2.47. The van der Waals surface area contributed by atoms with Gasteiger partial charge in [0.1, 0.15) is 23.0 Å². The summed E-state index contributed by atoms with van der Waals surface area (Å²) in [5.41, 5.74) is -0.832. The number of carbonyl (C=O) groups excluding carboxylic acids is 1. The summed E-state index contributed by atoms with van der Waals surface area (Å²) in [6.45, 7) is 0. The lowest BCUT2D eigenvalue weighted by atomic mass is 9.82. The largest absolute Gasteiger partial charge is 0.508 e. The van der Waals surface area contributed by atoms with Gasteiger partial charge in [-0.05, 0) is 24.3 Å². The first kappa shape index (κ1) is 14.1. The number of phenols is 4. The number of rotatable bonds is 2. The Morgan fingerprint density at radius 3 is 1.73 bits per heavy atom. The highest BCUT2D eigenvalue weighted by Crippen LogP contribution is 2.49. The Labute approximate surface area is 125 Å². The van der Waals surface area contributed by atoms with E-state index in [1.807, 2.05) is 0 Å². The SMILES string of the molecule is O=C1CCC(c2ccc(O)cc2O)(c2ccc(O)cc2O)O1. The molecule has 2 aromatic rings. The lowest BCUT2D eigenvalue weighted by molar-refractivity contribution is -0.146. The Morgan fingerprint density at radius 2 is 1.36 bits per heavy atom. The van der Waals surface area contributed by atoms with Gasteiger partial charge < -0.3 is 25.2 Å². The zero-order chi connectivity index (χ0) is 15.9. The lowest BCUT2D eigenvalue weighted by Gasteiger charge is -2.30. The molecule has 114 valence electrons. The van der Waals surface area contributed by atoms with Crippen molar-refractivity contribution in [2.75, 3.05) is 0 Å². The second-order valence-electron chi connectivity index (χ2n) is 5.20. The number of hydrogen-bond donors (Lipinski definition) is 4. The maximum absolute atomic E-state index is 11.7. The van der Waals surface area contributed by atoms with Gasteiger partial charge in [0, 0.05) is 29.7 Å². The zero-order valence-electron chi connectivity index (χ0n) is 11.5. The first-order chi connectivity index (χ1) is 10.4. The molecule has 4 N–H and O–H groups in total. The molecule has 0 atom stereocenters. The van der Waals surface area contributed by atoms with Gasteiger partial charge >= 0.3 is 5.97 Å². The van der Waals surface area contributed by atoms with Gasteiger partial charge in [-0.2, -0.15) is 0 Å². The molecular weight excluding hydrogens is 288 g/mol. The summed E-state index contributed by atoms with van der Waals surface area (Å²) >= 11 is 0. The highest BCUT2D eigenvalue weighted by atomic mass is 16.6. The molecule has 1 fully saturated rings. The van der Waals surface area contributed by atoms with Crippen LogP contribution >= 0.6 is 0 Å². The van der Waals surface area contributed by atoms with Crippen LogP contribution in [0.5, 0.6) is 23.0 Å². The molecule has 3 rings (SSSR count). The Bertz CT molecular complexity index is 701. The number of esters is 1. The summed E-state index contributed by atoms with van der Waals surface area (Å²) in [4.78, 5) is 11.7. The maximum atomic E-state index is 11.7. The first-order valence-electron chi connectivity index (χ1n) is 6.69. The summed E-state index contributed by atoms with van der Waals surface area (Å²) in [5.74, 6) is -1.21. The number of phenolic OH excluding ortho intramolecular Hbond substituents is 4. The predicted octanol–water partition coefficient (Wildman–Crippen LogP) is 2.09. The number of ether oxygens (including phenoxy) is 1. The molecule has 0 amide bonds. The fraction of sp³-hybridized carbons (Fsp3) is 0.188. The van der Waals surface area contributed by atoms with E-state index in [1.54, 1.807) is 0 Å². The van der Waals surface area contributed by atoms with E-state index in [0.717, 1.165) is 12.1 Å². The van der Waals surface area contributed by atoms with Gasteiger partial charge in [-0.25, -0.2) is 0 Å². The van der Waals surface area contributed by atoms with Crippen LogP contribution in [0.25, 0.3) is 0 Å². The second-order valence-corrected chi connectivity index (χ2v) is 5.20.